The maximum atomic E-state index is 12.0. The van der Waals surface area contributed by atoms with Crippen molar-refractivity contribution in [1.29, 1.82) is 0 Å². The average molecular weight is 365 g/mol. The van der Waals surface area contributed by atoms with E-state index in [9.17, 15) is 9.59 Å². The molecule has 0 spiro atoms. The van der Waals surface area contributed by atoms with E-state index in [0.29, 0.717) is 5.92 Å². The number of hydrogen-bond acceptors (Lipinski definition) is 3. The minimum Gasteiger partial charge on any atom is -0.326 e. The number of benzene rings is 2. The molecule has 142 valence electrons. The molecule has 0 radical (unpaired) electrons. The minimum absolute atomic E-state index is 0.0837. The number of hydrazone groups is 1. The van der Waals surface area contributed by atoms with Crippen LogP contribution in [0.5, 0.6) is 0 Å². The molecule has 2 aromatic carbocycles. The van der Waals surface area contributed by atoms with E-state index in [1.165, 1.54) is 5.56 Å². The number of hydrogen-bond donors (Lipinski definition) is 2. The third kappa shape index (κ3) is 6.70. The summed E-state index contributed by atoms with van der Waals surface area (Å²) >= 11 is 0. The fourth-order valence-electron chi connectivity index (χ4n) is 2.60. The molecule has 0 aliphatic heterocycles. The summed E-state index contributed by atoms with van der Waals surface area (Å²) in [5.74, 6) is -0.00304. The van der Waals surface area contributed by atoms with Crippen molar-refractivity contribution in [1.82, 2.24) is 5.43 Å². The van der Waals surface area contributed by atoms with Gasteiger partial charge in [0.2, 0.25) is 11.8 Å². The van der Waals surface area contributed by atoms with Crippen LogP contribution in [0.25, 0.3) is 0 Å². The first-order valence-electron chi connectivity index (χ1n) is 9.14. The summed E-state index contributed by atoms with van der Waals surface area (Å²) in [6.45, 7) is 8.22. The second-order valence-electron chi connectivity index (χ2n) is 6.98. The van der Waals surface area contributed by atoms with Gasteiger partial charge in [-0.2, -0.15) is 5.10 Å². The van der Waals surface area contributed by atoms with Crippen molar-refractivity contribution in [2.75, 3.05) is 5.32 Å². The molecule has 0 fully saturated rings. The monoisotopic (exact) mass is 365 g/mol. The van der Waals surface area contributed by atoms with Gasteiger partial charge in [0.15, 0.2) is 0 Å². The fourth-order valence-corrected chi connectivity index (χ4v) is 2.60. The molecule has 0 aromatic heterocycles. The standard InChI is InChI=1S/C22H27N3O2/c1-15(2)19-8-6-18(7-9-19)14-23-25-22(27)12-11-21(26)24-20-10-5-16(3)13-17(20)4/h5-10,13-15H,11-12H2,1-4H3,(H,24,26)(H,25,27). The first-order chi connectivity index (χ1) is 12.8. The molecule has 27 heavy (non-hydrogen) atoms. The Balaban J connectivity index is 1.76. The molecule has 2 aromatic rings. The Morgan fingerprint density at radius 2 is 1.67 bits per heavy atom. The van der Waals surface area contributed by atoms with Crippen molar-refractivity contribution in [2.45, 2.75) is 46.5 Å². The lowest BCUT2D eigenvalue weighted by molar-refractivity contribution is -0.124. The second-order valence-corrected chi connectivity index (χ2v) is 6.98. The lowest BCUT2D eigenvalue weighted by atomic mass is 10.0. The van der Waals surface area contributed by atoms with E-state index in [-0.39, 0.29) is 24.7 Å². The zero-order valence-electron chi connectivity index (χ0n) is 16.4. The van der Waals surface area contributed by atoms with Crippen molar-refractivity contribution < 1.29 is 9.59 Å². The number of carbonyl (C=O) groups excluding carboxylic acids is 2. The van der Waals surface area contributed by atoms with Gasteiger partial charge in [-0.15, -0.1) is 0 Å². The van der Waals surface area contributed by atoms with Gasteiger partial charge >= 0.3 is 0 Å². The van der Waals surface area contributed by atoms with Gasteiger partial charge in [-0.05, 0) is 42.5 Å². The van der Waals surface area contributed by atoms with Crippen molar-refractivity contribution in [3.63, 3.8) is 0 Å². The lowest BCUT2D eigenvalue weighted by Crippen LogP contribution is -2.20. The van der Waals surface area contributed by atoms with Gasteiger partial charge in [0.05, 0.1) is 6.21 Å². The summed E-state index contributed by atoms with van der Waals surface area (Å²) in [6, 6.07) is 13.8. The van der Waals surface area contributed by atoms with Crippen molar-refractivity contribution in [3.05, 3.63) is 64.7 Å². The molecule has 0 aliphatic carbocycles. The highest BCUT2D eigenvalue weighted by molar-refractivity contribution is 5.94. The van der Waals surface area contributed by atoms with E-state index in [0.717, 1.165) is 22.4 Å². The van der Waals surface area contributed by atoms with Gasteiger partial charge < -0.3 is 5.32 Å². The summed E-state index contributed by atoms with van der Waals surface area (Å²) in [5, 5.41) is 6.78. The van der Waals surface area contributed by atoms with Crippen LogP contribution in [0, 0.1) is 13.8 Å². The van der Waals surface area contributed by atoms with Crippen LogP contribution in [0.3, 0.4) is 0 Å². The largest absolute Gasteiger partial charge is 0.326 e. The van der Waals surface area contributed by atoms with Gasteiger partial charge in [-0.25, -0.2) is 5.43 Å². The average Bonchev–Trinajstić information content (AvgIpc) is 2.63. The van der Waals surface area contributed by atoms with Crippen LogP contribution in [0.2, 0.25) is 0 Å². The summed E-state index contributed by atoms with van der Waals surface area (Å²) < 4.78 is 0. The molecule has 0 aliphatic rings. The summed E-state index contributed by atoms with van der Waals surface area (Å²) in [7, 11) is 0. The van der Waals surface area contributed by atoms with Crippen LogP contribution in [-0.2, 0) is 9.59 Å². The molecule has 5 nitrogen and oxygen atoms in total. The molecule has 0 atom stereocenters. The molecule has 0 bridgehead atoms. The third-order valence-electron chi connectivity index (χ3n) is 4.24. The molecular weight excluding hydrogens is 338 g/mol. The van der Waals surface area contributed by atoms with E-state index in [1.54, 1.807) is 6.21 Å². The molecule has 5 heteroatoms. The molecule has 2 rings (SSSR count). The van der Waals surface area contributed by atoms with E-state index in [4.69, 9.17) is 0 Å². The first kappa shape index (κ1) is 20.4. The summed E-state index contributed by atoms with van der Waals surface area (Å²) in [5.41, 5.74) is 7.54. The summed E-state index contributed by atoms with van der Waals surface area (Å²) in [4.78, 5) is 23.8. The summed E-state index contributed by atoms with van der Waals surface area (Å²) in [6.07, 6.45) is 1.79. The van der Waals surface area contributed by atoms with Gasteiger partial charge in [0, 0.05) is 18.5 Å². The highest BCUT2D eigenvalue weighted by atomic mass is 16.2. The number of amides is 2. The number of aryl methyl sites for hydroxylation is 2. The van der Waals surface area contributed by atoms with Crippen LogP contribution < -0.4 is 10.7 Å². The van der Waals surface area contributed by atoms with Crippen LogP contribution >= 0.6 is 0 Å². The first-order valence-corrected chi connectivity index (χ1v) is 9.14. The number of carbonyl (C=O) groups is 2. The van der Waals surface area contributed by atoms with E-state index >= 15 is 0 Å². The topological polar surface area (TPSA) is 70.6 Å². The number of nitrogens with one attached hydrogen (secondary N) is 2. The van der Waals surface area contributed by atoms with Crippen LogP contribution in [0.15, 0.2) is 47.6 Å². The van der Waals surface area contributed by atoms with Gasteiger partial charge in [-0.1, -0.05) is 55.8 Å². The van der Waals surface area contributed by atoms with Crippen molar-refractivity contribution in [3.8, 4) is 0 Å². The zero-order valence-corrected chi connectivity index (χ0v) is 16.4. The van der Waals surface area contributed by atoms with Gasteiger partial charge in [-0.3, -0.25) is 9.59 Å². The van der Waals surface area contributed by atoms with Gasteiger partial charge in [0.1, 0.15) is 0 Å². The highest BCUT2D eigenvalue weighted by Gasteiger charge is 2.08. The number of rotatable bonds is 7. The molecule has 2 amide bonds. The fraction of sp³-hybridized carbons (Fsp3) is 0.318. The Kier molecular flexibility index (Phi) is 7.29. The Bertz CT molecular complexity index is 824. The Labute approximate surface area is 160 Å². The minimum atomic E-state index is -0.291. The third-order valence-corrected chi connectivity index (χ3v) is 4.24. The van der Waals surface area contributed by atoms with E-state index in [2.05, 4.69) is 29.7 Å². The number of nitrogens with zero attached hydrogens (tertiary/aromatic N) is 1. The molecule has 0 saturated carbocycles. The Morgan fingerprint density at radius 3 is 2.30 bits per heavy atom. The molecule has 0 saturated heterocycles. The predicted molar refractivity (Wildman–Crippen MR) is 110 cm³/mol. The normalized spacial score (nSPS) is 11.0. The maximum absolute atomic E-state index is 12.0. The van der Waals surface area contributed by atoms with E-state index in [1.807, 2.05) is 56.3 Å². The predicted octanol–water partition coefficient (Wildman–Crippen LogP) is 4.30. The molecular formula is C22H27N3O2. The van der Waals surface area contributed by atoms with Crippen molar-refractivity contribution in [2.24, 2.45) is 5.10 Å². The van der Waals surface area contributed by atoms with Gasteiger partial charge in [0.25, 0.3) is 0 Å². The van der Waals surface area contributed by atoms with Crippen LogP contribution in [-0.4, -0.2) is 18.0 Å². The Morgan fingerprint density at radius 1 is 1.00 bits per heavy atom. The van der Waals surface area contributed by atoms with E-state index < -0.39 is 0 Å². The number of anilines is 1. The maximum Gasteiger partial charge on any atom is 0.240 e. The molecule has 0 unspecified atom stereocenters. The quantitative estimate of drug-likeness (QED) is 0.567. The molecule has 2 N–H and O–H groups in total. The Hall–Kier alpha value is -2.95. The van der Waals surface area contributed by atoms with Crippen LogP contribution in [0.1, 0.15) is 54.9 Å². The highest BCUT2D eigenvalue weighted by Crippen LogP contribution is 2.16. The van der Waals surface area contributed by atoms with Crippen LogP contribution in [0.4, 0.5) is 5.69 Å². The SMILES string of the molecule is Cc1ccc(NC(=O)CCC(=O)NN=Cc2ccc(C(C)C)cc2)c(C)c1. The lowest BCUT2D eigenvalue weighted by Gasteiger charge is -2.08. The molecule has 0 heterocycles. The smallest absolute Gasteiger partial charge is 0.240 e. The second kappa shape index (κ2) is 9.67. The van der Waals surface area contributed by atoms with Crippen molar-refractivity contribution >= 4 is 23.7 Å². The zero-order chi connectivity index (χ0) is 19.8.